The number of nitrogens with zero attached hydrogens (tertiary/aromatic N) is 2. The number of aryl methyl sites for hydroxylation is 1. The second-order valence-corrected chi connectivity index (χ2v) is 5.42. The molecule has 2 aromatic carbocycles. The summed E-state index contributed by atoms with van der Waals surface area (Å²) in [6, 6.07) is 12.4. The fourth-order valence-electron chi connectivity index (χ4n) is 2.51. The molecule has 1 atom stereocenters. The van der Waals surface area contributed by atoms with Crippen molar-refractivity contribution in [3.63, 3.8) is 0 Å². The molecule has 0 bridgehead atoms. The van der Waals surface area contributed by atoms with Gasteiger partial charge in [0.05, 0.1) is 17.6 Å². The Morgan fingerprint density at radius 3 is 3.00 bits per heavy atom. The zero-order valence-electron chi connectivity index (χ0n) is 12.1. The van der Waals surface area contributed by atoms with Crippen LogP contribution < -0.4 is 4.74 Å². The molecule has 0 spiro atoms. The number of epoxide rings is 1. The van der Waals surface area contributed by atoms with Gasteiger partial charge in [0.1, 0.15) is 30.1 Å². The Morgan fingerprint density at radius 1 is 1.32 bits per heavy atom. The summed E-state index contributed by atoms with van der Waals surface area (Å²) in [5, 5.41) is 0. The molecule has 1 aliphatic heterocycles. The highest BCUT2D eigenvalue weighted by Gasteiger charge is 2.23. The van der Waals surface area contributed by atoms with Crippen molar-refractivity contribution >= 4 is 11.0 Å². The first-order valence-electron chi connectivity index (χ1n) is 7.17. The number of aromatic nitrogens is 2. The highest BCUT2D eigenvalue weighted by atomic mass is 19.1. The minimum atomic E-state index is -0.279. The van der Waals surface area contributed by atoms with Crippen LogP contribution in [0.1, 0.15) is 0 Å². The third-order valence-electron chi connectivity index (χ3n) is 3.77. The molecule has 1 aliphatic rings. The van der Waals surface area contributed by atoms with Crippen LogP contribution in [-0.2, 0) is 11.8 Å². The van der Waals surface area contributed by atoms with Crippen molar-refractivity contribution in [1.82, 2.24) is 9.55 Å². The number of fused-ring (bicyclic) bond motifs is 1. The maximum absolute atomic E-state index is 13.3. The molecule has 0 saturated carbocycles. The SMILES string of the molecule is Cn1c(-c2cccc(OCC3CO3)c2)nc2cc(F)ccc21. The minimum Gasteiger partial charge on any atom is -0.491 e. The Morgan fingerprint density at radius 2 is 2.18 bits per heavy atom. The largest absolute Gasteiger partial charge is 0.491 e. The maximum Gasteiger partial charge on any atom is 0.140 e. The standard InChI is InChI=1S/C17H15FN2O2/c1-20-16-6-5-12(18)8-15(16)19-17(20)11-3-2-4-13(7-11)21-9-14-10-22-14/h2-8,14H,9-10H2,1H3. The summed E-state index contributed by atoms with van der Waals surface area (Å²) in [6.07, 6.45) is 0.224. The molecule has 0 aliphatic carbocycles. The summed E-state index contributed by atoms with van der Waals surface area (Å²) in [6.45, 7) is 1.34. The van der Waals surface area contributed by atoms with Crippen LogP contribution in [0, 0.1) is 5.82 Å². The lowest BCUT2D eigenvalue weighted by molar-refractivity contribution is 0.263. The molecule has 1 saturated heterocycles. The summed E-state index contributed by atoms with van der Waals surface area (Å²) in [5.41, 5.74) is 2.48. The zero-order valence-corrected chi connectivity index (χ0v) is 12.1. The van der Waals surface area contributed by atoms with Gasteiger partial charge in [-0.2, -0.15) is 0 Å². The lowest BCUT2D eigenvalue weighted by Crippen LogP contribution is -2.04. The molecule has 5 heteroatoms. The Balaban J connectivity index is 1.71. The number of hydrogen-bond donors (Lipinski definition) is 0. The molecule has 4 rings (SSSR count). The first-order valence-corrected chi connectivity index (χ1v) is 7.17. The van der Waals surface area contributed by atoms with Gasteiger partial charge in [-0.15, -0.1) is 0 Å². The number of halogens is 1. The smallest absolute Gasteiger partial charge is 0.140 e. The van der Waals surface area contributed by atoms with Crippen LogP contribution in [0.25, 0.3) is 22.4 Å². The van der Waals surface area contributed by atoms with E-state index in [1.54, 1.807) is 6.07 Å². The summed E-state index contributed by atoms with van der Waals surface area (Å²) in [5.74, 6) is 1.29. The summed E-state index contributed by atoms with van der Waals surface area (Å²) in [7, 11) is 1.92. The van der Waals surface area contributed by atoms with Gasteiger partial charge in [-0.05, 0) is 24.3 Å². The average Bonchev–Trinajstić information content (AvgIpc) is 3.29. The second kappa shape index (κ2) is 5.10. The second-order valence-electron chi connectivity index (χ2n) is 5.42. The third kappa shape index (κ3) is 2.44. The van der Waals surface area contributed by atoms with Gasteiger partial charge in [0.15, 0.2) is 0 Å². The molecular weight excluding hydrogens is 283 g/mol. The predicted octanol–water partition coefficient (Wildman–Crippen LogP) is 3.16. The van der Waals surface area contributed by atoms with Crippen molar-refractivity contribution in [1.29, 1.82) is 0 Å². The normalized spacial score (nSPS) is 16.9. The van der Waals surface area contributed by atoms with E-state index in [9.17, 15) is 4.39 Å². The molecule has 1 unspecified atom stereocenters. The Hall–Kier alpha value is -2.40. The van der Waals surface area contributed by atoms with Gasteiger partial charge in [0.25, 0.3) is 0 Å². The van der Waals surface area contributed by atoms with E-state index in [0.717, 1.165) is 29.3 Å². The molecule has 3 aromatic rings. The van der Waals surface area contributed by atoms with Gasteiger partial charge < -0.3 is 14.0 Å². The van der Waals surface area contributed by atoms with E-state index in [2.05, 4.69) is 4.98 Å². The summed E-state index contributed by atoms with van der Waals surface area (Å²) < 4.78 is 26.1. The molecule has 1 aromatic heterocycles. The molecule has 22 heavy (non-hydrogen) atoms. The predicted molar refractivity (Wildman–Crippen MR) is 81.3 cm³/mol. The molecule has 0 amide bonds. The quantitative estimate of drug-likeness (QED) is 0.695. The highest BCUT2D eigenvalue weighted by Crippen LogP contribution is 2.27. The topological polar surface area (TPSA) is 39.6 Å². The molecular formula is C17H15FN2O2. The van der Waals surface area contributed by atoms with E-state index < -0.39 is 0 Å². The molecule has 1 fully saturated rings. The van der Waals surface area contributed by atoms with E-state index in [0.29, 0.717) is 12.1 Å². The number of benzene rings is 2. The fraction of sp³-hybridized carbons (Fsp3) is 0.235. The van der Waals surface area contributed by atoms with Crippen molar-refractivity contribution in [3.05, 3.63) is 48.3 Å². The van der Waals surface area contributed by atoms with Gasteiger partial charge in [0, 0.05) is 18.7 Å². The van der Waals surface area contributed by atoms with E-state index in [4.69, 9.17) is 9.47 Å². The van der Waals surface area contributed by atoms with Crippen LogP contribution in [-0.4, -0.2) is 28.9 Å². The van der Waals surface area contributed by atoms with Crippen molar-refractivity contribution in [2.75, 3.05) is 13.2 Å². The van der Waals surface area contributed by atoms with E-state index in [1.807, 2.05) is 35.9 Å². The number of rotatable bonds is 4. The first kappa shape index (κ1) is 13.3. The Bertz CT molecular complexity index is 840. The number of hydrogen-bond acceptors (Lipinski definition) is 3. The van der Waals surface area contributed by atoms with Gasteiger partial charge >= 0.3 is 0 Å². The van der Waals surface area contributed by atoms with Crippen molar-refractivity contribution in [2.24, 2.45) is 7.05 Å². The zero-order chi connectivity index (χ0) is 15.1. The lowest BCUT2D eigenvalue weighted by atomic mass is 10.2. The lowest BCUT2D eigenvalue weighted by Gasteiger charge is -2.07. The van der Waals surface area contributed by atoms with Gasteiger partial charge in [-0.3, -0.25) is 0 Å². The maximum atomic E-state index is 13.3. The molecule has 2 heterocycles. The highest BCUT2D eigenvalue weighted by molar-refractivity contribution is 5.80. The van der Waals surface area contributed by atoms with Crippen LogP contribution >= 0.6 is 0 Å². The van der Waals surface area contributed by atoms with Crippen LogP contribution in [0.2, 0.25) is 0 Å². The van der Waals surface area contributed by atoms with Crippen molar-refractivity contribution in [3.8, 4) is 17.1 Å². The van der Waals surface area contributed by atoms with Crippen LogP contribution in [0.5, 0.6) is 5.75 Å². The van der Waals surface area contributed by atoms with E-state index >= 15 is 0 Å². The van der Waals surface area contributed by atoms with Gasteiger partial charge in [-0.25, -0.2) is 9.37 Å². The minimum absolute atomic E-state index is 0.224. The van der Waals surface area contributed by atoms with E-state index in [-0.39, 0.29) is 11.9 Å². The average molecular weight is 298 g/mol. The summed E-state index contributed by atoms with van der Waals surface area (Å²) >= 11 is 0. The Labute approximate surface area is 127 Å². The van der Waals surface area contributed by atoms with Gasteiger partial charge in [-0.1, -0.05) is 12.1 Å². The summed E-state index contributed by atoms with van der Waals surface area (Å²) in [4.78, 5) is 4.53. The molecule has 0 radical (unpaired) electrons. The van der Waals surface area contributed by atoms with Crippen LogP contribution in [0.4, 0.5) is 4.39 Å². The van der Waals surface area contributed by atoms with Crippen LogP contribution in [0.15, 0.2) is 42.5 Å². The monoisotopic (exact) mass is 298 g/mol. The third-order valence-corrected chi connectivity index (χ3v) is 3.77. The molecule has 4 nitrogen and oxygen atoms in total. The fourth-order valence-corrected chi connectivity index (χ4v) is 2.51. The molecule has 112 valence electrons. The van der Waals surface area contributed by atoms with Crippen molar-refractivity contribution in [2.45, 2.75) is 6.10 Å². The van der Waals surface area contributed by atoms with Crippen molar-refractivity contribution < 1.29 is 13.9 Å². The van der Waals surface area contributed by atoms with Gasteiger partial charge in [0.2, 0.25) is 0 Å². The Kier molecular flexibility index (Phi) is 3.08. The number of imidazole rings is 1. The number of ether oxygens (including phenoxy) is 2. The van der Waals surface area contributed by atoms with Crippen LogP contribution in [0.3, 0.4) is 0 Å². The van der Waals surface area contributed by atoms with E-state index in [1.165, 1.54) is 12.1 Å². The first-order chi connectivity index (χ1) is 10.7. The molecule has 0 N–H and O–H groups in total.